The van der Waals surface area contributed by atoms with Crippen molar-refractivity contribution in [2.75, 3.05) is 13.2 Å². The number of rotatable bonds is 11. The fourth-order valence-electron chi connectivity index (χ4n) is 3.94. The monoisotopic (exact) mass is 508 g/mol. The Balaban J connectivity index is 1.58. The molecule has 0 bridgehead atoms. The smallest absolute Gasteiger partial charge is 0.248 e. The number of ether oxygens (including phenoxy) is 1. The number of hydrogen-bond donors (Lipinski definition) is 2. The largest absolute Gasteiger partial charge is 0.491 e. The summed E-state index contributed by atoms with van der Waals surface area (Å²) in [5.74, 6) is 1.23. The summed E-state index contributed by atoms with van der Waals surface area (Å²) in [4.78, 5) is 24.8. The number of primary amides is 1. The lowest BCUT2D eigenvalue weighted by Gasteiger charge is -2.28. The van der Waals surface area contributed by atoms with Gasteiger partial charge in [0.05, 0.1) is 17.8 Å². The third kappa shape index (κ3) is 5.29. The van der Waals surface area contributed by atoms with Crippen LogP contribution in [0.2, 0.25) is 5.04 Å². The first-order valence-electron chi connectivity index (χ1n) is 12.5. The summed E-state index contributed by atoms with van der Waals surface area (Å²) in [6.07, 6.45) is 2.52. The molecule has 0 radical (unpaired) electrons. The van der Waals surface area contributed by atoms with Crippen LogP contribution in [0.5, 0.6) is 5.75 Å². The van der Waals surface area contributed by atoms with Gasteiger partial charge in [0.1, 0.15) is 17.1 Å². The molecular weight excluding hydrogens is 472 g/mol. The number of hydrogen-bond acceptors (Lipinski definition) is 6. The number of benzene rings is 1. The molecule has 1 amide bonds. The summed E-state index contributed by atoms with van der Waals surface area (Å²) in [5.41, 5.74) is 9.19. The second-order valence-electron chi connectivity index (χ2n) is 10.2. The van der Waals surface area contributed by atoms with Crippen LogP contribution in [-0.4, -0.2) is 53.6 Å². The number of carbonyl (C=O) groups is 1. The predicted octanol–water partition coefficient (Wildman–Crippen LogP) is 4.13. The van der Waals surface area contributed by atoms with E-state index in [0.717, 1.165) is 40.6 Å². The van der Waals surface area contributed by atoms with E-state index >= 15 is 0 Å². The average Bonchev–Trinajstić information content (AvgIpc) is 3.40. The summed E-state index contributed by atoms with van der Waals surface area (Å²) < 4.78 is 14.0. The molecule has 1 aromatic carbocycles. The standard InChI is InChI=1S/C26H36N6O3Si/c1-7-32-20(11-16(4)31-32)25-28-14-19-18-12-17(23(27)33)13-21(22(18)29-24(19)30-25)34-9-8-10-35-36-26(5,6)15(2)3/h11-15H,7-10,36H2,1-6H3,(H2,27,33)(H,28,29,30). The van der Waals surface area contributed by atoms with E-state index in [1.54, 1.807) is 18.3 Å². The highest BCUT2D eigenvalue weighted by Gasteiger charge is 2.23. The van der Waals surface area contributed by atoms with Gasteiger partial charge in [-0.05, 0) is 43.0 Å². The molecule has 0 atom stereocenters. The Morgan fingerprint density at radius 2 is 2.00 bits per heavy atom. The van der Waals surface area contributed by atoms with Crippen LogP contribution in [0.4, 0.5) is 0 Å². The Morgan fingerprint density at radius 1 is 1.22 bits per heavy atom. The third-order valence-electron chi connectivity index (χ3n) is 6.87. The number of fused-ring (bicyclic) bond motifs is 3. The Kier molecular flexibility index (Phi) is 7.46. The molecule has 0 aliphatic carbocycles. The van der Waals surface area contributed by atoms with Gasteiger partial charge in [0.2, 0.25) is 5.91 Å². The molecule has 3 N–H and O–H groups in total. The highest BCUT2D eigenvalue weighted by atomic mass is 28.2. The SMILES string of the molecule is CCn1nc(C)cc1-c1ncc2c(n1)[nH]c1c(OCCCO[SiH2]C(C)(C)C(C)C)cc(C(N)=O)cc12. The minimum Gasteiger partial charge on any atom is -0.491 e. The number of nitrogens with one attached hydrogen (secondary N) is 1. The normalized spacial score (nSPS) is 12.5. The number of amides is 1. The van der Waals surface area contributed by atoms with Crippen molar-refractivity contribution >= 4 is 37.6 Å². The zero-order valence-corrected chi connectivity index (χ0v) is 23.4. The number of nitrogens with two attached hydrogens (primary N) is 1. The van der Waals surface area contributed by atoms with Crippen molar-refractivity contribution in [3.05, 3.63) is 35.7 Å². The minimum atomic E-state index is -0.640. The van der Waals surface area contributed by atoms with Gasteiger partial charge in [0.25, 0.3) is 0 Å². The summed E-state index contributed by atoms with van der Waals surface area (Å²) in [7, 11) is -0.640. The number of carbonyl (C=O) groups excluding carboxylic acids is 1. The molecule has 3 aromatic heterocycles. The molecule has 4 aromatic rings. The van der Waals surface area contributed by atoms with Gasteiger partial charge >= 0.3 is 0 Å². The Morgan fingerprint density at radius 3 is 2.69 bits per heavy atom. The lowest BCUT2D eigenvalue weighted by atomic mass is 9.99. The van der Waals surface area contributed by atoms with Gasteiger partial charge in [0.15, 0.2) is 15.6 Å². The molecule has 9 nitrogen and oxygen atoms in total. The number of aryl methyl sites for hydroxylation is 2. The maximum Gasteiger partial charge on any atom is 0.248 e. The van der Waals surface area contributed by atoms with Crippen LogP contribution in [-0.2, 0) is 11.0 Å². The van der Waals surface area contributed by atoms with Crippen LogP contribution in [0.25, 0.3) is 33.5 Å². The Bertz CT molecular complexity index is 1390. The van der Waals surface area contributed by atoms with Crippen molar-refractivity contribution < 1.29 is 14.0 Å². The fraction of sp³-hybridized carbons (Fsp3) is 0.462. The van der Waals surface area contributed by atoms with Crippen molar-refractivity contribution in [3.8, 4) is 17.3 Å². The molecule has 4 rings (SSSR count). The summed E-state index contributed by atoms with van der Waals surface area (Å²) in [6, 6.07) is 5.41. The average molecular weight is 509 g/mol. The van der Waals surface area contributed by atoms with Crippen LogP contribution in [0, 0.1) is 12.8 Å². The maximum atomic E-state index is 12.0. The van der Waals surface area contributed by atoms with Gasteiger partial charge in [-0.3, -0.25) is 9.48 Å². The predicted molar refractivity (Wildman–Crippen MR) is 145 cm³/mol. The van der Waals surface area contributed by atoms with Crippen LogP contribution in [0.1, 0.15) is 57.1 Å². The molecule has 0 fully saturated rings. The van der Waals surface area contributed by atoms with E-state index in [1.807, 2.05) is 24.6 Å². The summed E-state index contributed by atoms with van der Waals surface area (Å²) in [6.45, 7) is 14.9. The first kappa shape index (κ1) is 25.8. The lowest BCUT2D eigenvalue weighted by Crippen LogP contribution is -2.22. The Labute approximate surface area is 213 Å². The topological polar surface area (TPSA) is 121 Å². The molecule has 10 heteroatoms. The first-order valence-corrected chi connectivity index (χ1v) is 13.8. The molecule has 0 saturated heterocycles. The van der Waals surface area contributed by atoms with Crippen LogP contribution in [0.15, 0.2) is 24.4 Å². The van der Waals surface area contributed by atoms with Crippen molar-refractivity contribution in [1.82, 2.24) is 24.7 Å². The molecule has 0 spiro atoms. The summed E-state index contributed by atoms with van der Waals surface area (Å²) in [5, 5.41) is 6.36. The van der Waals surface area contributed by atoms with Gasteiger partial charge in [-0.2, -0.15) is 5.10 Å². The highest BCUT2D eigenvalue weighted by Crippen LogP contribution is 2.34. The van der Waals surface area contributed by atoms with Gasteiger partial charge in [-0.1, -0.05) is 27.7 Å². The fourth-order valence-corrected chi connectivity index (χ4v) is 5.15. The van der Waals surface area contributed by atoms with E-state index in [0.29, 0.717) is 41.9 Å². The second kappa shape index (κ2) is 10.4. The van der Waals surface area contributed by atoms with Crippen LogP contribution in [0.3, 0.4) is 0 Å². The van der Waals surface area contributed by atoms with Crippen LogP contribution >= 0.6 is 0 Å². The van der Waals surface area contributed by atoms with Crippen molar-refractivity contribution in [1.29, 1.82) is 0 Å². The molecule has 36 heavy (non-hydrogen) atoms. The highest BCUT2D eigenvalue weighted by molar-refractivity contribution is 6.32. The van der Waals surface area contributed by atoms with Gasteiger partial charge < -0.3 is 19.9 Å². The number of H-pyrrole nitrogens is 1. The number of aromatic amines is 1. The zero-order valence-electron chi connectivity index (χ0n) is 22.0. The van der Waals surface area contributed by atoms with E-state index in [1.165, 1.54) is 0 Å². The molecule has 0 aliphatic rings. The number of aromatic nitrogens is 5. The lowest BCUT2D eigenvalue weighted by molar-refractivity contribution is 0.1000. The summed E-state index contributed by atoms with van der Waals surface area (Å²) >= 11 is 0. The number of nitrogens with zero attached hydrogens (tertiary/aromatic N) is 4. The van der Waals surface area contributed by atoms with Crippen molar-refractivity contribution in [2.24, 2.45) is 11.7 Å². The molecule has 0 aliphatic heterocycles. The van der Waals surface area contributed by atoms with Gasteiger partial charge in [-0.15, -0.1) is 0 Å². The third-order valence-corrected chi connectivity index (χ3v) is 8.92. The van der Waals surface area contributed by atoms with Crippen molar-refractivity contribution in [3.63, 3.8) is 0 Å². The second-order valence-corrected chi connectivity index (χ2v) is 12.7. The van der Waals surface area contributed by atoms with Crippen molar-refractivity contribution in [2.45, 2.75) is 59.5 Å². The molecule has 0 unspecified atom stereocenters. The van der Waals surface area contributed by atoms with E-state index in [2.05, 4.69) is 42.8 Å². The molecule has 3 heterocycles. The van der Waals surface area contributed by atoms with E-state index in [9.17, 15) is 4.79 Å². The maximum absolute atomic E-state index is 12.0. The molecule has 192 valence electrons. The van der Waals surface area contributed by atoms with E-state index in [-0.39, 0.29) is 5.04 Å². The van der Waals surface area contributed by atoms with E-state index < -0.39 is 15.7 Å². The van der Waals surface area contributed by atoms with Gasteiger partial charge in [0, 0.05) is 42.1 Å². The molecular formula is C26H36N6O3Si. The molecule has 0 saturated carbocycles. The Hall–Kier alpha value is -3.24. The first-order chi connectivity index (χ1) is 17.1. The van der Waals surface area contributed by atoms with Gasteiger partial charge in [-0.25, -0.2) is 9.97 Å². The quantitative estimate of drug-likeness (QED) is 0.232. The minimum absolute atomic E-state index is 0.264. The van der Waals surface area contributed by atoms with E-state index in [4.69, 9.17) is 19.9 Å². The zero-order chi connectivity index (χ0) is 26.0. The van der Waals surface area contributed by atoms with Crippen LogP contribution < -0.4 is 10.5 Å².